The van der Waals surface area contributed by atoms with Crippen molar-refractivity contribution in [3.8, 4) is 0 Å². The minimum Gasteiger partial charge on any atom is -0.396 e. The number of halogens is 4. The van der Waals surface area contributed by atoms with Crippen LogP contribution in [0.15, 0.2) is 30.3 Å². The molecule has 0 aromatic heterocycles. The second-order valence-electron chi connectivity index (χ2n) is 6.52. The molecule has 0 fully saturated rings. The maximum atomic E-state index is 14.3. The summed E-state index contributed by atoms with van der Waals surface area (Å²) < 4.78 is 42.3. The minimum atomic E-state index is -1.56. The van der Waals surface area contributed by atoms with E-state index in [1.807, 2.05) is 13.0 Å². The van der Waals surface area contributed by atoms with E-state index in [-0.39, 0.29) is 18.9 Å². The molecule has 0 saturated carbocycles. The molecule has 0 aliphatic carbocycles. The molecule has 0 bridgehead atoms. The van der Waals surface area contributed by atoms with E-state index in [9.17, 15) is 18.3 Å². The van der Waals surface area contributed by atoms with Crippen molar-refractivity contribution in [3.05, 3.63) is 56.9 Å². The third kappa shape index (κ3) is 4.65. The zero-order valence-electron chi connectivity index (χ0n) is 14.1. The summed E-state index contributed by atoms with van der Waals surface area (Å²) in [5.74, 6) is -4.16. The average molecular weight is 465 g/mol. The van der Waals surface area contributed by atoms with Crippen LogP contribution in [0.5, 0.6) is 0 Å². The van der Waals surface area contributed by atoms with Gasteiger partial charge in [-0.2, -0.15) is 0 Å². The molecule has 2 aromatic carbocycles. The summed E-state index contributed by atoms with van der Waals surface area (Å²) in [6, 6.07) is 7.35. The maximum absolute atomic E-state index is 14.3. The van der Waals surface area contributed by atoms with Crippen LogP contribution in [0.25, 0.3) is 0 Å². The summed E-state index contributed by atoms with van der Waals surface area (Å²) in [6.45, 7) is 5.25. The Kier molecular flexibility index (Phi) is 6.34. The van der Waals surface area contributed by atoms with Crippen molar-refractivity contribution in [1.82, 2.24) is 0 Å². The lowest BCUT2D eigenvalue weighted by molar-refractivity contribution is 0.0271. The maximum Gasteiger partial charge on any atom is 0.196 e. The van der Waals surface area contributed by atoms with Crippen LogP contribution >= 0.6 is 22.6 Å². The van der Waals surface area contributed by atoms with Gasteiger partial charge in [-0.3, -0.25) is 4.84 Å². The molecule has 0 heterocycles. The van der Waals surface area contributed by atoms with Gasteiger partial charge in [-0.1, -0.05) is 13.8 Å². The van der Waals surface area contributed by atoms with Crippen molar-refractivity contribution in [2.45, 2.75) is 20.8 Å². The molecule has 2 aromatic rings. The molecule has 3 nitrogen and oxygen atoms in total. The number of hydrogen-bond donors (Lipinski definition) is 1. The predicted molar refractivity (Wildman–Crippen MR) is 99.2 cm³/mol. The molecule has 0 aliphatic rings. The molecule has 0 spiro atoms. The number of benzene rings is 2. The Bertz CT molecular complexity index is 768. The van der Waals surface area contributed by atoms with E-state index in [1.54, 1.807) is 26.0 Å². The van der Waals surface area contributed by atoms with E-state index in [4.69, 9.17) is 4.84 Å². The quantitative estimate of drug-likeness (QED) is 0.366. The van der Waals surface area contributed by atoms with Crippen molar-refractivity contribution in [2.75, 3.05) is 18.3 Å². The van der Waals surface area contributed by atoms with Crippen LogP contribution < -0.4 is 5.06 Å². The Morgan fingerprint density at radius 1 is 1.08 bits per heavy atom. The van der Waals surface area contributed by atoms with Gasteiger partial charge < -0.3 is 5.11 Å². The number of anilines is 2. The lowest BCUT2D eigenvalue weighted by Gasteiger charge is -2.30. The molecule has 0 aliphatic heterocycles. The second kappa shape index (κ2) is 7.92. The molecular formula is C18H19F3INO2. The highest BCUT2D eigenvalue weighted by atomic mass is 127. The van der Waals surface area contributed by atoms with Gasteiger partial charge in [0.1, 0.15) is 5.69 Å². The molecule has 0 atom stereocenters. The number of aryl methyl sites for hydroxylation is 1. The van der Waals surface area contributed by atoms with Crippen molar-refractivity contribution in [1.29, 1.82) is 0 Å². The lowest BCUT2D eigenvalue weighted by Crippen LogP contribution is -2.30. The summed E-state index contributed by atoms with van der Waals surface area (Å²) in [4.78, 5) is 5.71. The fourth-order valence-corrected chi connectivity index (χ4v) is 2.72. The van der Waals surface area contributed by atoms with Crippen molar-refractivity contribution in [2.24, 2.45) is 5.41 Å². The Labute approximate surface area is 158 Å². The highest BCUT2D eigenvalue weighted by Crippen LogP contribution is 2.34. The van der Waals surface area contributed by atoms with Crippen LogP contribution in [0.2, 0.25) is 0 Å². The third-order valence-electron chi connectivity index (χ3n) is 3.62. The van der Waals surface area contributed by atoms with Crippen molar-refractivity contribution in [3.63, 3.8) is 0 Å². The Morgan fingerprint density at radius 2 is 1.72 bits per heavy atom. The highest BCUT2D eigenvalue weighted by molar-refractivity contribution is 14.1. The molecule has 0 unspecified atom stereocenters. The van der Waals surface area contributed by atoms with Crippen LogP contribution in [-0.4, -0.2) is 18.3 Å². The summed E-state index contributed by atoms with van der Waals surface area (Å²) in [5, 5.41) is 10.5. The molecule has 136 valence electrons. The van der Waals surface area contributed by atoms with E-state index < -0.39 is 22.9 Å². The molecule has 25 heavy (non-hydrogen) atoms. The molecular weight excluding hydrogens is 446 g/mol. The fourth-order valence-electron chi connectivity index (χ4n) is 2.07. The molecule has 0 amide bonds. The molecule has 1 N–H and O–H groups in total. The van der Waals surface area contributed by atoms with Crippen molar-refractivity contribution < 1.29 is 23.1 Å². The summed E-state index contributed by atoms with van der Waals surface area (Å²) in [6.07, 6.45) is 0. The topological polar surface area (TPSA) is 32.7 Å². The van der Waals surface area contributed by atoms with Gasteiger partial charge in [0, 0.05) is 8.99 Å². The van der Waals surface area contributed by atoms with Gasteiger partial charge in [0.05, 0.1) is 18.9 Å². The van der Waals surface area contributed by atoms with E-state index in [2.05, 4.69) is 22.6 Å². The Balaban J connectivity index is 2.51. The fraction of sp³-hybridized carbons (Fsp3) is 0.333. The molecule has 7 heteroatoms. The first-order valence-electron chi connectivity index (χ1n) is 7.60. The summed E-state index contributed by atoms with van der Waals surface area (Å²) in [5.41, 5.74) is 0.443. The lowest BCUT2D eigenvalue weighted by atomic mass is 9.97. The van der Waals surface area contributed by atoms with Crippen molar-refractivity contribution >= 4 is 34.0 Å². The number of aliphatic hydroxyl groups is 1. The van der Waals surface area contributed by atoms with Gasteiger partial charge in [0.25, 0.3) is 0 Å². The van der Waals surface area contributed by atoms with Gasteiger partial charge in [0.15, 0.2) is 17.5 Å². The second-order valence-corrected chi connectivity index (χ2v) is 7.76. The minimum absolute atomic E-state index is 0.0490. The Hall–Kier alpha value is -1.32. The number of nitrogens with zero attached hydrogens (tertiary/aromatic N) is 1. The first kappa shape index (κ1) is 20.0. The molecule has 2 rings (SSSR count). The average Bonchev–Trinajstić information content (AvgIpc) is 2.56. The van der Waals surface area contributed by atoms with E-state index >= 15 is 0 Å². The van der Waals surface area contributed by atoms with Crippen LogP contribution in [0.1, 0.15) is 19.4 Å². The van der Waals surface area contributed by atoms with Gasteiger partial charge in [0.2, 0.25) is 0 Å². The van der Waals surface area contributed by atoms with Gasteiger partial charge >= 0.3 is 0 Å². The largest absolute Gasteiger partial charge is 0.396 e. The standard InChI is InChI=1S/C18H19F3INO2/c1-11-8-12(22)4-6-14(11)23(25-10-18(2,3)9-24)15-7-5-13(19)16(20)17(15)21/h4-8,24H,9-10H2,1-3H3. The van der Waals surface area contributed by atoms with Gasteiger partial charge in [-0.25, -0.2) is 18.2 Å². The van der Waals surface area contributed by atoms with Crippen LogP contribution in [0.3, 0.4) is 0 Å². The SMILES string of the molecule is Cc1cc(I)ccc1N(OCC(C)(C)CO)c1ccc(F)c(F)c1F. The monoisotopic (exact) mass is 465 g/mol. The zero-order valence-corrected chi connectivity index (χ0v) is 16.3. The molecule has 0 radical (unpaired) electrons. The summed E-state index contributed by atoms with van der Waals surface area (Å²) >= 11 is 2.14. The first-order chi connectivity index (χ1) is 11.7. The van der Waals surface area contributed by atoms with Crippen LogP contribution in [-0.2, 0) is 4.84 Å². The highest BCUT2D eigenvalue weighted by Gasteiger charge is 2.25. The zero-order chi connectivity index (χ0) is 18.8. The number of aliphatic hydroxyl groups excluding tert-OH is 1. The van der Waals surface area contributed by atoms with Gasteiger partial charge in [-0.15, -0.1) is 0 Å². The molecule has 0 saturated heterocycles. The smallest absolute Gasteiger partial charge is 0.196 e. The first-order valence-corrected chi connectivity index (χ1v) is 8.68. The Morgan fingerprint density at radius 3 is 2.32 bits per heavy atom. The number of rotatable bonds is 6. The third-order valence-corrected chi connectivity index (χ3v) is 4.29. The van der Waals surface area contributed by atoms with E-state index in [0.717, 1.165) is 26.3 Å². The normalized spacial score (nSPS) is 11.7. The van der Waals surface area contributed by atoms with Gasteiger partial charge in [-0.05, 0) is 65.4 Å². The van der Waals surface area contributed by atoms with E-state index in [1.165, 1.54) is 0 Å². The number of hydrogen-bond acceptors (Lipinski definition) is 3. The van der Waals surface area contributed by atoms with Crippen LogP contribution in [0, 0.1) is 33.4 Å². The van der Waals surface area contributed by atoms with E-state index in [0.29, 0.717) is 5.69 Å². The predicted octanol–water partition coefficient (Wildman–Crippen LogP) is 5.11. The summed E-state index contributed by atoms with van der Waals surface area (Å²) in [7, 11) is 0. The van der Waals surface area contributed by atoms with Crippen LogP contribution in [0.4, 0.5) is 24.5 Å².